The Balaban J connectivity index is 1.85. The molecule has 2 amide bonds. The van der Waals surface area contributed by atoms with Gasteiger partial charge < -0.3 is 15.0 Å². The van der Waals surface area contributed by atoms with Crippen LogP contribution in [-0.4, -0.2) is 59.4 Å². The quantitative estimate of drug-likeness (QED) is 0.801. The highest BCUT2D eigenvalue weighted by Gasteiger charge is 2.27. The number of imidazole rings is 1. The lowest BCUT2D eigenvalue weighted by Gasteiger charge is -2.30. The first-order chi connectivity index (χ1) is 12.6. The Labute approximate surface area is 153 Å². The van der Waals surface area contributed by atoms with Gasteiger partial charge in [0.1, 0.15) is 0 Å². The highest BCUT2D eigenvalue weighted by Crippen LogP contribution is 2.20. The third-order valence-corrected chi connectivity index (χ3v) is 4.71. The summed E-state index contributed by atoms with van der Waals surface area (Å²) in [5.41, 5.74) is 0.932. The number of carbonyl (C=O) groups is 2. The van der Waals surface area contributed by atoms with E-state index in [4.69, 9.17) is 4.74 Å². The van der Waals surface area contributed by atoms with Gasteiger partial charge in [0, 0.05) is 39.5 Å². The lowest BCUT2D eigenvalue weighted by Crippen LogP contribution is -2.40. The van der Waals surface area contributed by atoms with Gasteiger partial charge in [-0.25, -0.2) is 4.98 Å². The summed E-state index contributed by atoms with van der Waals surface area (Å²) in [4.78, 5) is 31.8. The third kappa shape index (κ3) is 3.88. The van der Waals surface area contributed by atoms with Gasteiger partial charge in [-0.2, -0.15) is 0 Å². The fraction of sp³-hybridized carbons (Fsp3) is 0.526. The lowest BCUT2D eigenvalue weighted by atomic mass is 10.0. The molecule has 0 spiro atoms. The van der Waals surface area contributed by atoms with Crippen LogP contribution in [0.5, 0.6) is 0 Å². The second kappa shape index (κ2) is 8.31. The molecule has 2 aromatic heterocycles. The number of piperidine rings is 1. The molecule has 3 heterocycles. The summed E-state index contributed by atoms with van der Waals surface area (Å²) >= 11 is 0. The van der Waals surface area contributed by atoms with Gasteiger partial charge in [0.25, 0.3) is 11.8 Å². The number of likely N-dealkylation sites (tertiary alicyclic amines) is 1. The SMILES string of the molecule is COCCCNC(=O)c1nc(C(=O)N2CCCC(C)C2)n2ccccc12. The average Bonchev–Trinajstić information content (AvgIpc) is 3.04. The summed E-state index contributed by atoms with van der Waals surface area (Å²) in [6, 6.07) is 5.49. The van der Waals surface area contributed by atoms with Crippen LogP contribution in [0.4, 0.5) is 0 Å². The molecule has 0 aromatic carbocycles. The first-order valence-corrected chi connectivity index (χ1v) is 9.15. The van der Waals surface area contributed by atoms with Gasteiger partial charge >= 0.3 is 0 Å². The van der Waals surface area contributed by atoms with Crippen LogP contribution in [0, 0.1) is 5.92 Å². The zero-order valence-electron chi connectivity index (χ0n) is 15.4. The molecule has 26 heavy (non-hydrogen) atoms. The fourth-order valence-corrected chi connectivity index (χ4v) is 3.37. The molecule has 140 valence electrons. The molecule has 0 radical (unpaired) electrons. The van der Waals surface area contributed by atoms with E-state index in [1.807, 2.05) is 23.1 Å². The van der Waals surface area contributed by atoms with Gasteiger partial charge in [-0.05, 0) is 37.3 Å². The zero-order valence-corrected chi connectivity index (χ0v) is 15.4. The normalized spacial score (nSPS) is 17.5. The van der Waals surface area contributed by atoms with Gasteiger partial charge in [-0.1, -0.05) is 13.0 Å². The Bertz CT molecular complexity index is 786. The van der Waals surface area contributed by atoms with E-state index < -0.39 is 0 Å². The first kappa shape index (κ1) is 18.4. The van der Waals surface area contributed by atoms with E-state index in [0.29, 0.717) is 30.4 Å². The summed E-state index contributed by atoms with van der Waals surface area (Å²) in [7, 11) is 1.63. The van der Waals surface area contributed by atoms with Crippen LogP contribution in [0.25, 0.3) is 5.52 Å². The molecule has 0 saturated carbocycles. The summed E-state index contributed by atoms with van der Waals surface area (Å²) < 4.78 is 6.70. The Kier molecular flexibility index (Phi) is 5.88. The number of aromatic nitrogens is 2. The molecule has 2 aromatic rings. The summed E-state index contributed by atoms with van der Waals surface area (Å²) in [6.07, 6.45) is 4.65. The van der Waals surface area contributed by atoms with Crippen LogP contribution >= 0.6 is 0 Å². The van der Waals surface area contributed by atoms with Gasteiger partial charge in [0.2, 0.25) is 5.82 Å². The molecule has 0 aliphatic carbocycles. The molecule has 1 aliphatic heterocycles. The number of hydrogen-bond donors (Lipinski definition) is 1. The minimum Gasteiger partial charge on any atom is -0.385 e. The molecular formula is C19H26N4O3. The van der Waals surface area contributed by atoms with E-state index in [0.717, 1.165) is 32.4 Å². The number of rotatable bonds is 6. The number of nitrogens with zero attached hydrogens (tertiary/aromatic N) is 3. The Morgan fingerprint density at radius 3 is 3.00 bits per heavy atom. The standard InChI is InChI=1S/C19H26N4O3/c1-14-7-5-10-22(13-14)19(25)17-21-16(15-8-3-4-11-23(15)17)18(24)20-9-6-12-26-2/h3-4,8,11,14H,5-7,9-10,12-13H2,1-2H3,(H,20,24). The first-order valence-electron chi connectivity index (χ1n) is 9.15. The van der Waals surface area contributed by atoms with Crippen molar-refractivity contribution in [1.82, 2.24) is 19.6 Å². The Morgan fingerprint density at radius 2 is 2.23 bits per heavy atom. The molecule has 7 nitrogen and oxygen atoms in total. The molecule has 1 unspecified atom stereocenters. The Hall–Kier alpha value is -2.41. The van der Waals surface area contributed by atoms with Crippen LogP contribution in [0.3, 0.4) is 0 Å². The summed E-state index contributed by atoms with van der Waals surface area (Å²) in [5.74, 6) is 0.409. The minimum atomic E-state index is -0.268. The molecule has 1 N–H and O–H groups in total. The minimum absolute atomic E-state index is 0.115. The number of ether oxygens (including phenoxy) is 1. The molecule has 1 saturated heterocycles. The van der Waals surface area contributed by atoms with E-state index in [1.165, 1.54) is 0 Å². The van der Waals surface area contributed by atoms with Crippen LogP contribution in [0.15, 0.2) is 24.4 Å². The average molecular weight is 358 g/mol. The van der Waals surface area contributed by atoms with Crippen molar-refractivity contribution in [2.75, 3.05) is 33.4 Å². The van der Waals surface area contributed by atoms with Crippen molar-refractivity contribution in [2.45, 2.75) is 26.2 Å². The number of pyridine rings is 1. The van der Waals surface area contributed by atoms with Crippen molar-refractivity contribution >= 4 is 17.3 Å². The molecule has 1 fully saturated rings. The smallest absolute Gasteiger partial charge is 0.290 e. The molecule has 3 rings (SSSR count). The topological polar surface area (TPSA) is 75.9 Å². The maximum Gasteiger partial charge on any atom is 0.290 e. The van der Waals surface area contributed by atoms with Crippen molar-refractivity contribution < 1.29 is 14.3 Å². The van der Waals surface area contributed by atoms with Crippen LogP contribution in [0.2, 0.25) is 0 Å². The molecule has 7 heteroatoms. The van der Waals surface area contributed by atoms with Crippen molar-refractivity contribution in [3.8, 4) is 0 Å². The van der Waals surface area contributed by atoms with E-state index in [9.17, 15) is 9.59 Å². The van der Waals surface area contributed by atoms with Gasteiger partial charge in [-0.3, -0.25) is 14.0 Å². The lowest BCUT2D eigenvalue weighted by molar-refractivity contribution is 0.0670. The third-order valence-electron chi connectivity index (χ3n) is 4.71. The van der Waals surface area contributed by atoms with Crippen LogP contribution < -0.4 is 5.32 Å². The number of hydrogen-bond acceptors (Lipinski definition) is 4. The van der Waals surface area contributed by atoms with E-state index in [1.54, 1.807) is 17.7 Å². The molecule has 1 atom stereocenters. The predicted molar refractivity (Wildman–Crippen MR) is 98.3 cm³/mol. The highest BCUT2D eigenvalue weighted by molar-refractivity contribution is 6.02. The number of fused-ring (bicyclic) bond motifs is 1. The van der Waals surface area contributed by atoms with Gasteiger partial charge in [-0.15, -0.1) is 0 Å². The second-order valence-electron chi connectivity index (χ2n) is 6.84. The highest BCUT2D eigenvalue weighted by atomic mass is 16.5. The molecule has 1 aliphatic rings. The summed E-state index contributed by atoms with van der Waals surface area (Å²) in [5, 5.41) is 2.85. The van der Waals surface area contributed by atoms with Gasteiger partial charge in [0.05, 0.1) is 5.52 Å². The Morgan fingerprint density at radius 1 is 1.38 bits per heavy atom. The monoisotopic (exact) mass is 358 g/mol. The largest absolute Gasteiger partial charge is 0.385 e. The maximum absolute atomic E-state index is 13.0. The number of nitrogens with one attached hydrogen (secondary N) is 1. The number of carbonyl (C=O) groups excluding carboxylic acids is 2. The summed E-state index contributed by atoms with van der Waals surface area (Å²) in [6.45, 7) is 4.72. The van der Waals surface area contributed by atoms with Gasteiger partial charge in [0.15, 0.2) is 5.69 Å². The van der Waals surface area contributed by atoms with Crippen LogP contribution in [0.1, 0.15) is 47.3 Å². The van der Waals surface area contributed by atoms with Crippen molar-refractivity contribution in [1.29, 1.82) is 0 Å². The van der Waals surface area contributed by atoms with E-state index in [2.05, 4.69) is 17.2 Å². The van der Waals surface area contributed by atoms with Crippen molar-refractivity contribution in [3.05, 3.63) is 35.9 Å². The fourth-order valence-electron chi connectivity index (χ4n) is 3.37. The van der Waals surface area contributed by atoms with Crippen molar-refractivity contribution in [3.63, 3.8) is 0 Å². The maximum atomic E-state index is 13.0. The zero-order chi connectivity index (χ0) is 18.5. The molecular weight excluding hydrogens is 332 g/mol. The number of methoxy groups -OCH3 is 1. The van der Waals surface area contributed by atoms with E-state index in [-0.39, 0.29) is 17.5 Å². The number of amides is 2. The van der Waals surface area contributed by atoms with E-state index >= 15 is 0 Å². The second-order valence-corrected chi connectivity index (χ2v) is 6.84. The predicted octanol–water partition coefficient (Wildman–Crippen LogP) is 1.97. The van der Waals surface area contributed by atoms with Crippen LogP contribution in [-0.2, 0) is 4.74 Å². The van der Waals surface area contributed by atoms with Crippen molar-refractivity contribution in [2.24, 2.45) is 5.92 Å². The molecule has 0 bridgehead atoms.